The lowest BCUT2D eigenvalue weighted by Crippen LogP contribution is -2.42. The Morgan fingerprint density at radius 2 is 2.10 bits per heavy atom. The van der Waals surface area contributed by atoms with Gasteiger partial charge in [0.25, 0.3) is 0 Å². The van der Waals surface area contributed by atoms with Crippen LogP contribution in [0.3, 0.4) is 0 Å². The van der Waals surface area contributed by atoms with Crippen molar-refractivity contribution in [1.29, 1.82) is 0 Å². The average Bonchev–Trinajstić information content (AvgIpc) is 2.91. The van der Waals surface area contributed by atoms with E-state index in [1.165, 1.54) is 24.6 Å². The maximum Gasteiger partial charge on any atom is 0.0705 e. The van der Waals surface area contributed by atoms with Gasteiger partial charge in [-0.2, -0.15) is 0 Å². The van der Waals surface area contributed by atoms with Gasteiger partial charge in [-0.15, -0.1) is 0 Å². The normalized spacial score (nSPS) is 24.1. The summed E-state index contributed by atoms with van der Waals surface area (Å²) in [5.74, 6) is 7.30. The molecule has 1 aromatic heterocycles. The molecule has 1 saturated carbocycles. The smallest absolute Gasteiger partial charge is 0.0705 e. The number of para-hydroxylation sites is 1. The second-order valence-electron chi connectivity index (χ2n) is 6.15. The largest absolute Gasteiger partial charge is 0.271 e. The van der Waals surface area contributed by atoms with E-state index in [4.69, 9.17) is 10.8 Å². The zero-order chi connectivity index (χ0) is 13.9. The molecule has 1 aromatic carbocycles. The number of hydrogen-bond donors (Lipinski definition) is 2. The maximum absolute atomic E-state index is 5.78. The molecular formula is C17H23N3. The monoisotopic (exact) mass is 269 g/mol. The summed E-state index contributed by atoms with van der Waals surface area (Å²) in [6, 6.07) is 12.9. The van der Waals surface area contributed by atoms with Crippen LogP contribution in [0.25, 0.3) is 10.9 Å². The first-order chi connectivity index (χ1) is 9.76. The Morgan fingerprint density at radius 1 is 1.25 bits per heavy atom. The van der Waals surface area contributed by atoms with Gasteiger partial charge >= 0.3 is 0 Å². The Bertz CT molecular complexity index is 581. The highest BCUT2D eigenvalue weighted by molar-refractivity contribution is 5.78. The second kappa shape index (κ2) is 5.90. The van der Waals surface area contributed by atoms with E-state index in [9.17, 15) is 0 Å². The van der Waals surface area contributed by atoms with Crippen LogP contribution in [0.2, 0.25) is 0 Å². The highest BCUT2D eigenvalue weighted by Crippen LogP contribution is 2.33. The fourth-order valence-corrected chi connectivity index (χ4v) is 3.43. The molecule has 1 heterocycles. The van der Waals surface area contributed by atoms with E-state index in [1.807, 2.05) is 12.1 Å². The molecule has 3 rings (SSSR count). The molecule has 0 bridgehead atoms. The molecule has 1 aliphatic carbocycles. The highest BCUT2D eigenvalue weighted by atomic mass is 15.2. The van der Waals surface area contributed by atoms with Crippen molar-refractivity contribution in [2.45, 2.75) is 38.6 Å². The van der Waals surface area contributed by atoms with Crippen molar-refractivity contribution in [3.8, 4) is 0 Å². The van der Waals surface area contributed by atoms with Gasteiger partial charge in [0.1, 0.15) is 0 Å². The Kier molecular flexibility index (Phi) is 3.99. The third-order valence-corrected chi connectivity index (χ3v) is 4.60. The van der Waals surface area contributed by atoms with Crippen LogP contribution in [0.15, 0.2) is 36.4 Å². The van der Waals surface area contributed by atoms with E-state index in [2.05, 4.69) is 36.6 Å². The zero-order valence-electron chi connectivity index (χ0n) is 12.0. The molecule has 3 heteroatoms. The van der Waals surface area contributed by atoms with Crippen molar-refractivity contribution in [2.75, 3.05) is 0 Å². The Labute approximate surface area is 120 Å². The molecule has 0 saturated heterocycles. The van der Waals surface area contributed by atoms with E-state index in [1.54, 1.807) is 0 Å². The quantitative estimate of drug-likeness (QED) is 0.662. The number of hydrazine groups is 1. The fraction of sp³-hybridized carbons (Fsp3) is 0.471. The minimum Gasteiger partial charge on any atom is -0.271 e. The first-order valence-corrected chi connectivity index (χ1v) is 7.57. The van der Waals surface area contributed by atoms with E-state index in [0.717, 1.165) is 23.5 Å². The van der Waals surface area contributed by atoms with Gasteiger partial charge in [0.05, 0.1) is 5.52 Å². The molecule has 0 amide bonds. The SMILES string of the molecule is CC1CCC(C(Cc2ccc3ccccc3n2)NN)C1. The summed E-state index contributed by atoms with van der Waals surface area (Å²) in [4.78, 5) is 4.76. The van der Waals surface area contributed by atoms with Crippen molar-refractivity contribution in [1.82, 2.24) is 10.4 Å². The number of hydrogen-bond acceptors (Lipinski definition) is 3. The molecular weight excluding hydrogens is 246 g/mol. The number of nitrogens with two attached hydrogens (primary N) is 1. The van der Waals surface area contributed by atoms with E-state index in [0.29, 0.717) is 12.0 Å². The van der Waals surface area contributed by atoms with Crippen LogP contribution in [0.1, 0.15) is 31.9 Å². The lowest BCUT2D eigenvalue weighted by Gasteiger charge is -2.22. The molecule has 2 aromatic rings. The van der Waals surface area contributed by atoms with Crippen LogP contribution >= 0.6 is 0 Å². The van der Waals surface area contributed by atoms with Gasteiger partial charge in [-0.3, -0.25) is 16.3 Å². The number of nitrogens with zero attached hydrogens (tertiary/aromatic N) is 1. The summed E-state index contributed by atoms with van der Waals surface area (Å²) in [6.07, 6.45) is 4.80. The Morgan fingerprint density at radius 3 is 2.85 bits per heavy atom. The van der Waals surface area contributed by atoms with Gasteiger partial charge in [-0.1, -0.05) is 37.6 Å². The van der Waals surface area contributed by atoms with Gasteiger partial charge in [0.15, 0.2) is 0 Å². The van der Waals surface area contributed by atoms with Gasteiger partial charge in [0, 0.05) is 23.5 Å². The van der Waals surface area contributed by atoms with Crippen molar-refractivity contribution >= 4 is 10.9 Å². The number of nitrogens with one attached hydrogen (secondary N) is 1. The maximum atomic E-state index is 5.78. The predicted octanol–water partition coefficient (Wildman–Crippen LogP) is 3.05. The summed E-state index contributed by atoms with van der Waals surface area (Å²) in [5.41, 5.74) is 5.22. The molecule has 0 radical (unpaired) electrons. The number of pyridine rings is 1. The van der Waals surface area contributed by atoms with Crippen LogP contribution in [0.5, 0.6) is 0 Å². The topological polar surface area (TPSA) is 50.9 Å². The zero-order valence-corrected chi connectivity index (χ0v) is 12.0. The van der Waals surface area contributed by atoms with Crippen LogP contribution in [0.4, 0.5) is 0 Å². The lowest BCUT2D eigenvalue weighted by atomic mass is 9.93. The third-order valence-electron chi connectivity index (χ3n) is 4.60. The molecule has 3 unspecified atom stereocenters. The molecule has 20 heavy (non-hydrogen) atoms. The minimum atomic E-state index is 0.341. The van der Waals surface area contributed by atoms with Gasteiger partial charge in [0.2, 0.25) is 0 Å². The third kappa shape index (κ3) is 2.84. The highest BCUT2D eigenvalue weighted by Gasteiger charge is 2.28. The number of aromatic nitrogens is 1. The van der Waals surface area contributed by atoms with Crippen molar-refractivity contribution in [2.24, 2.45) is 17.7 Å². The molecule has 3 atom stereocenters. The standard InChI is InChI=1S/C17H23N3/c1-12-6-7-14(10-12)17(20-18)11-15-9-8-13-4-2-3-5-16(13)19-15/h2-5,8-9,12,14,17,20H,6-7,10-11,18H2,1H3. The number of fused-ring (bicyclic) bond motifs is 1. The first kappa shape index (κ1) is 13.5. The van der Waals surface area contributed by atoms with Crippen molar-refractivity contribution in [3.05, 3.63) is 42.1 Å². The number of benzene rings is 1. The van der Waals surface area contributed by atoms with Crippen LogP contribution < -0.4 is 11.3 Å². The summed E-state index contributed by atoms with van der Waals surface area (Å²) < 4.78 is 0. The average molecular weight is 269 g/mol. The van der Waals surface area contributed by atoms with Crippen molar-refractivity contribution in [3.63, 3.8) is 0 Å². The number of rotatable bonds is 4. The lowest BCUT2D eigenvalue weighted by molar-refractivity contribution is 0.351. The van der Waals surface area contributed by atoms with E-state index < -0.39 is 0 Å². The van der Waals surface area contributed by atoms with Crippen LogP contribution in [-0.4, -0.2) is 11.0 Å². The van der Waals surface area contributed by atoms with E-state index in [-0.39, 0.29) is 0 Å². The van der Waals surface area contributed by atoms with Crippen LogP contribution in [-0.2, 0) is 6.42 Å². The Balaban J connectivity index is 1.76. The molecule has 0 aliphatic heterocycles. The minimum absolute atomic E-state index is 0.341. The second-order valence-corrected chi connectivity index (χ2v) is 6.15. The summed E-state index contributed by atoms with van der Waals surface area (Å²) in [7, 11) is 0. The fourth-order valence-electron chi connectivity index (χ4n) is 3.43. The Hall–Kier alpha value is -1.45. The van der Waals surface area contributed by atoms with E-state index >= 15 is 0 Å². The summed E-state index contributed by atoms with van der Waals surface area (Å²) >= 11 is 0. The molecule has 3 nitrogen and oxygen atoms in total. The molecule has 3 N–H and O–H groups in total. The molecule has 0 spiro atoms. The summed E-state index contributed by atoms with van der Waals surface area (Å²) in [5, 5.41) is 1.20. The van der Waals surface area contributed by atoms with Gasteiger partial charge in [-0.05, 0) is 36.8 Å². The van der Waals surface area contributed by atoms with Gasteiger partial charge < -0.3 is 0 Å². The van der Waals surface area contributed by atoms with Crippen LogP contribution in [0, 0.1) is 11.8 Å². The molecule has 106 valence electrons. The first-order valence-electron chi connectivity index (χ1n) is 7.57. The van der Waals surface area contributed by atoms with Crippen molar-refractivity contribution < 1.29 is 0 Å². The predicted molar refractivity (Wildman–Crippen MR) is 83.1 cm³/mol. The molecule has 1 aliphatic rings. The van der Waals surface area contributed by atoms with Gasteiger partial charge in [-0.25, -0.2) is 0 Å². The molecule has 1 fully saturated rings. The summed E-state index contributed by atoms with van der Waals surface area (Å²) in [6.45, 7) is 2.34.